The van der Waals surface area contributed by atoms with Gasteiger partial charge in [0.1, 0.15) is 0 Å². The van der Waals surface area contributed by atoms with Gasteiger partial charge in [0, 0.05) is 35.7 Å². The summed E-state index contributed by atoms with van der Waals surface area (Å²) in [6.45, 7) is 0. The van der Waals surface area contributed by atoms with E-state index >= 15 is 0 Å². The highest BCUT2D eigenvalue weighted by Gasteiger charge is 2.01. The molecule has 0 bridgehead atoms. The number of rotatable bonds is 1. The van der Waals surface area contributed by atoms with Crippen LogP contribution in [0.2, 0.25) is 0 Å². The van der Waals surface area contributed by atoms with Crippen molar-refractivity contribution in [3.63, 3.8) is 0 Å². The fraction of sp³-hybridized carbons (Fsp3) is 0. The number of hydrogen-bond acceptors (Lipinski definition) is 1. The zero-order chi connectivity index (χ0) is 10.1. The molecule has 0 aliphatic rings. The SMILES string of the molecule is [c]1cn(-c2ccncc2)c2ccccc12. The Morgan fingerprint density at radius 1 is 1.00 bits per heavy atom. The number of aromatic nitrogens is 2. The highest BCUT2D eigenvalue weighted by molar-refractivity contribution is 5.81. The quantitative estimate of drug-likeness (QED) is 0.581. The van der Waals surface area contributed by atoms with Crippen LogP contribution in [0.15, 0.2) is 55.0 Å². The maximum Gasteiger partial charge on any atom is 0.0534 e. The minimum absolute atomic E-state index is 1.11. The van der Waals surface area contributed by atoms with Gasteiger partial charge in [0.25, 0.3) is 0 Å². The van der Waals surface area contributed by atoms with Crippen LogP contribution in [-0.4, -0.2) is 9.55 Å². The lowest BCUT2D eigenvalue weighted by atomic mass is 10.2. The van der Waals surface area contributed by atoms with E-state index in [9.17, 15) is 0 Å². The van der Waals surface area contributed by atoms with Gasteiger partial charge in [0.2, 0.25) is 0 Å². The topological polar surface area (TPSA) is 17.8 Å². The normalized spacial score (nSPS) is 10.7. The highest BCUT2D eigenvalue weighted by Crippen LogP contribution is 2.18. The fourth-order valence-corrected chi connectivity index (χ4v) is 1.73. The maximum absolute atomic E-state index is 4.01. The summed E-state index contributed by atoms with van der Waals surface area (Å²) in [6, 6.07) is 15.4. The van der Waals surface area contributed by atoms with Crippen LogP contribution in [-0.2, 0) is 0 Å². The van der Waals surface area contributed by atoms with Crippen molar-refractivity contribution >= 4 is 10.9 Å². The van der Waals surface area contributed by atoms with Crippen molar-refractivity contribution < 1.29 is 0 Å². The van der Waals surface area contributed by atoms with Crippen molar-refractivity contribution in [3.8, 4) is 5.69 Å². The van der Waals surface area contributed by atoms with Gasteiger partial charge in [-0.25, -0.2) is 0 Å². The van der Waals surface area contributed by atoms with Gasteiger partial charge >= 0.3 is 0 Å². The molecular weight excluding hydrogens is 184 g/mol. The molecule has 1 aromatic carbocycles. The molecule has 2 heterocycles. The third-order valence-electron chi connectivity index (χ3n) is 2.45. The lowest BCUT2D eigenvalue weighted by Crippen LogP contribution is -1.90. The maximum atomic E-state index is 4.01. The van der Waals surface area contributed by atoms with E-state index in [0.29, 0.717) is 0 Å². The number of pyridine rings is 1. The largest absolute Gasteiger partial charge is 0.316 e. The predicted octanol–water partition coefficient (Wildman–Crippen LogP) is 2.83. The Balaban J connectivity index is 2.28. The van der Waals surface area contributed by atoms with Crippen LogP contribution in [0, 0.1) is 6.07 Å². The van der Waals surface area contributed by atoms with Gasteiger partial charge in [-0.05, 0) is 18.2 Å². The summed E-state index contributed by atoms with van der Waals surface area (Å²) in [4.78, 5) is 4.01. The van der Waals surface area contributed by atoms with Crippen LogP contribution in [0.25, 0.3) is 16.6 Å². The molecule has 15 heavy (non-hydrogen) atoms. The molecule has 0 aliphatic heterocycles. The average Bonchev–Trinajstić information content (AvgIpc) is 2.74. The van der Waals surface area contributed by atoms with Crippen molar-refractivity contribution in [1.82, 2.24) is 9.55 Å². The van der Waals surface area contributed by atoms with Gasteiger partial charge in [0.15, 0.2) is 0 Å². The van der Waals surface area contributed by atoms with Gasteiger partial charge in [0.05, 0.1) is 5.52 Å². The second-order valence-electron chi connectivity index (χ2n) is 3.37. The first-order chi connectivity index (χ1) is 7.45. The molecule has 0 saturated carbocycles. The molecule has 3 rings (SSSR count). The van der Waals surface area contributed by atoms with Crippen LogP contribution in [0.3, 0.4) is 0 Å². The Labute approximate surface area is 87.8 Å². The molecule has 71 valence electrons. The van der Waals surface area contributed by atoms with Crippen LogP contribution in [0.1, 0.15) is 0 Å². The predicted molar refractivity (Wildman–Crippen MR) is 59.9 cm³/mol. The minimum Gasteiger partial charge on any atom is -0.316 e. The third kappa shape index (κ3) is 1.31. The molecule has 2 heteroatoms. The fourth-order valence-electron chi connectivity index (χ4n) is 1.73. The van der Waals surface area contributed by atoms with Gasteiger partial charge in [-0.15, -0.1) is 0 Å². The van der Waals surface area contributed by atoms with E-state index in [2.05, 4.69) is 27.8 Å². The van der Waals surface area contributed by atoms with Gasteiger partial charge in [-0.1, -0.05) is 18.2 Å². The Morgan fingerprint density at radius 2 is 1.80 bits per heavy atom. The molecule has 0 saturated heterocycles. The molecule has 2 nitrogen and oxygen atoms in total. The lowest BCUT2D eigenvalue weighted by Gasteiger charge is -2.03. The van der Waals surface area contributed by atoms with Gasteiger partial charge in [-0.3, -0.25) is 4.98 Å². The smallest absolute Gasteiger partial charge is 0.0534 e. The molecule has 0 unspecified atom stereocenters. The van der Waals surface area contributed by atoms with Crippen molar-refractivity contribution in [2.75, 3.05) is 0 Å². The summed E-state index contributed by atoms with van der Waals surface area (Å²) in [5.41, 5.74) is 2.28. The summed E-state index contributed by atoms with van der Waals surface area (Å²) in [5.74, 6) is 0. The Morgan fingerprint density at radius 3 is 2.67 bits per heavy atom. The Hall–Kier alpha value is -2.09. The Kier molecular flexibility index (Phi) is 1.78. The lowest BCUT2D eigenvalue weighted by molar-refractivity contribution is 1.11. The summed E-state index contributed by atoms with van der Waals surface area (Å²) in [5, 5.41) is 1.13. The summed E-state index contributed by atoms with van der Waals surface area (Å²) >= 11 is 0. The molecule has 3 aromatic rings. The second kappa shape index (κ2) is 3.24. The highest BCUT2D eigenvalue weighted by atomic mass is 15.0. The van der Waals surface area contributed by atoms with Crippen molar-refractivity contribution in [2.24, 2.45) is 0 Å². The van der Waals surface area contributed by atoms with E-state index in [1.54, 1.807) is 12.4 Å². The Bertz CT molecular complexity index is 582. The first-order valence-electron chi connectivity index (χ1n) is 4.83. The molecule has 0 N–H and O–H groups in total. The van der Waals surface area contributed by atoms with E-state index in [0.717, 1.165) is 11.1 Å². The molecule has 2 aromatic heterocycles. The first kappa shape index (κ1) is 8.24. The number of benzene rings is 1. The number of para-hydroxylation sites is 1. The van der Waals surface area contributed by atoms with Crippen LogP contribution in [0.4, 0.5) is 0 Å². The third-order valence-corrected chi connectivity index (χ3v) is 2.45. The molecular formula is C13H9N2. The average molecular weight is 193 g/mol. The van der Waals surface area contributed by atoms with E-state index in [4.69, 9.17) is 0 Å². The minimum atomic E-state index is 1.11. The van der Waals surface area contributed by atoms with Crippen LogP contribution >= 0.6 is 0 Å². The standard InChI is InChI=1S/C13H9N2/c1-2-4-13-11(3-1)7-10-15(13)12-5-8-14-9-6-12/h1-6,8-10H. The van der Waals surface area contributed by atoms with Gasteiger partial charge in [-0.2, -0.15) is 0 Å². The number of fused-ring (bicyclic) bond motifs is 1. The molecule has 0 atom stereocenters. The molecule has 1 radical (unpaired) electrons. The summed E-state index contributed by atoms with van der Waals surface area (Å²) < 4.78 is 2.11. The second-order valence-corrected chi connectivity index (χ2v) is 3.37. The molecule has 0 aliphatic carbocycles. The molecule has 0 spiro atoms. The van der Waals surface area contributed by atoms with Crippen LogP contribution in [0.5, 0.6) is 0 Å². The zero-order valence-electron chi connectivity index (χ0n) is 8.09. The molecule has 0 amide bonds. The van der Waals surface area contributed by atoms with Crippen molar-refractivity contribution in [3.05, 3.63) is 61.1 Å². The van der Waals surface area contributed by atoms with E-state index in [1.165, 1.54) is 5.52 Å². The summed E-state index contributed by atoms with van der Waals surface area (Å²) in [7, 11) is 0. The van der Waals surface area contributed by atoms with Crippen molar-refractivity contribution in [2.45, 2.75) is 0 Å². The number of hydrogen-bond donors (Lipinski definition) is 0. The molecule has 0 fully saturated rings. The summed E-state index contributed by atoms with van der Waals surface area (Å²) in [6.07, 6.45) is 5.55. The van der Waals surface area contributed by atoms with E-state index < -0.39 is 0 Å². The van der Waals surface area contributed by atoms with Crippen molar-refractivity contribution in [1.29, 1.82) is 0 Å². The number of nitrogens with zero attached hydrogens (tertiary/aromatic N) is 2. The zero-order valence-corrected chi connectivity index (χ0v) is 8.09. The van der Waals surface area contributed by atoms with E-state index in [1.807, 2.05) is 30.5 Å². The van der Waals surface area contributed by atoms with Crippen LogP contribution < -0.4 is 0 Å². The first-order valence-corrected chi connectivity index (χ1v) is 4.83. The van der Waals surface area contributed by atoms with Gasteiger partial charge < -0.3 is 4.57 Å². The van der Waals surface area contributed by atoms with E-state index in [-0.39, 0.29) is 0 Å². The monoisotopic (exact) mass is 193 g/mol.